The highest BCUT2D eigenvalue weighted by Gasteiger charge is 2.10. The molecule has 4 nitrogen and oxygen atoms in total. The van der Waals surface area contributed by atoms with E-state index in [1.54, 1.807) is 36.8 Å². The van der Waals surface area contributed by atoms with E-state index in [0.29, 0.717) is 5.56 Å². The molecule has 0 saturated carbocycles. The van der Waals surface area contributed by atoms with Crippen LogP contribution in [-0.2, 0) is 0 Å². The van der Waals surface area contributed by atoms with E-state index in [1.807, 2.05) is 24.3 Å². The van der Waals surface area contributed by atoms with Gasteiger partial charge in [0.05, 0.1) is 5.52 Å². The van der Waals surface area contributed by atoms with Crippen LogP contribution in [0.2, 0.25) is 0 Å². The average Bonchev–Trinajstić information content (AvgIpc) is 2.47. The van der Waals surface area contributed by atoms with Gasteiger partial charge in [0.25, 0.3) is 5.91 Å². The third kappa shape index (κ3) is 2.28. The summed E-state index contributed by atoms with van der Waals surface area (Å²) in [4.78, 5) is 20.4. The van der Waals surface area contributed by atoms with Crippen LogP contribution < -0.4 is 5.32 Å². The van der Waals surface area contributed by atoms with Crippen molar-refractivity contribution in [3.05, 3.63) is 66.6 Å². The molecule has 0 spiro atoms. The first kappa shape index (κ1) is 11.3. The first-order valence-corrected chi connectivity index (χ1v) is 5.90. The van der Waals surface area contributed by atoms with Crippen molar-refractivity contribution >= 4 is 22.5 Å². The molecule has 0 unspecified atom stereocenters. The van der Waals surface area contributed by atoms with Crippen molar-refractivity contribution in [1.29, 1.82) is 0 Å². The van der Waals surface area contributed by atoms with Crippen LogP contribution in [0.1, 0.15) is 10.4 Å². The quantitative estimate of drug-likeness (QED) is 0.759. The molecule has 0 radical (unpaired) electrons. The molecule has 1 aromatic carbocycles. The SMILES string of the molecule is O=C(Nc1ccncc1)c1cccc2ncccc12. The zero-order valence-corrected chi connectivity index (χ0v) is 10.1. The van der Waals surface area contributed by atoms with Crippen LogP contribution in [0.3, 0.4) is 0 Å². The maximum absolute atomic E-state index is 12.3. The first-order valence-electron chi connectivity index (χ1n) is 5.90. The van der Waals surface area contributed by atoms with Gasteiger partial charge >= 0.3 is 0 Å². The number of nitrogens with one attached hydrogen (secondary N) is 1. The van der Waals surface area contributed by atoms with E-state index in [2.05, 4.69) is 15.3 Å². The second kappa shape index (κ2) is 4.86. The van der Waals surface area contributed by atoms with E-state index in [-0.39, 0.29) is 5.91 Å². The number of fused-ring (bicyclic) bond motifs is 1. The molecule has 0 aliphatic rings. The van der Waals surface area contributed by atoms with Crippen LogP contribution in [-0.4, -0.2) is 15.9 Å². The molecule has 2 aromatic heterocycles. The van der Waals surface area contributed by atoms with Crippen molar-refractivity contribution in [2.45, 2.75) is 0 Å². The molecule has 2 heterocycles. The van der Waals surface area contributed by atoms with Crippen LogP contribution in [0, 0.1) is 0 Å². The summed E-state index contributed by atoms with van der Waals surface area (Å²) in [6, 6.07) is 12.7. The Kier molecular flexibility index (Phi) is 2.90. The highest BCUT2D eigenvalue weighted by Crippen LogP contribution is 2.17. The van der Waals surface area contributed by atoms with Crippen LogP contribution in [0.5, 0.6) is 0 Å². The molecule has 0 saturated heterocycles. The van der Waals surface area contributed by atoms with Crippen LogP contribution in [0.25, 0.3) is 10.9 Å². The Labute approximate surface area is 110 Å². The van der Waals surface area contributed by atoms with Crippen molar-refractivity contribution < 1.29 is 4.79 Å². The number of carbonyl (C=O) groups excluding carboxylic acids is 1. The average molecular weight is 249 g/mol. The molecule has 3 rings (SSSR count). The number of hydrogen-bond donors (Lipinski definition) is 1. The third-order valence-corrected chi connectivity index (χ3v) is 2.83. The predicted octanol–water partition coefficient (Wildman–Crippen LogP) is 2.88. The Hall–Kier alpha value is -2.75. The van der Waals surface area contributed by atoms with Crippen molar-refractivity contribution in [3.8, 4) is 0 Å². The lowest BCUT2D eigenvalue weighted by Gasteiger charge is -2.07. The summed E-state index contributed by atoms with van der Waals surface area (Å²) in [7, 11) is 0. The summed E-state index contributed by atoms with van der Waals surface area (Å²) in [5.74, 6) is -0.148. The van der Waals surface area contributed by atoms with Gasteiger partial charge in [0.1, 0.15) is 0 Å². The number of benzene rings is 1. The zero-order valence-electron chi connectivity index (χ0n) is 10.1. The summed E-state index contributed by atoms with van der Waals surface area (Å²) in [5, 5.41) is 3.69. The lowest BCUT2D eigenvalue weighted by molar-refractivity contribution is 0.102. The van der Waals surface area contributed by atoms with E-state index < -0.39 is 0 Å². The number of amides is 1. The smallest absolute Gasteiger partial charge is 0.256 e. The Morgan fingerprint density at radius 2 is 1.79 bits per heavy atom. The molecule has 4 heteroatoms. The number of carbonyl (C=O) groups is 1. The topological polar surface area (TPSA) is 54.9 Å². The van der Waals surface area contributed by atoms with E-state index in [9.17, 15) is 4.79 Å². The lowest BCUT2D eigenvalue weighted by Crippen LogP contribution is -2.12. The predicted molar refractivity (Wildman–Crippen MR) is 73.9 cm³/mol. The molecular formula is C15H11N3O. The van der Waals surface area contributed by atoms with Gasteiger partial charge in [-0.05, 0) is 30.3 Å². The van der Waals surface area contributed by atoms with Gasteiger partial charge in [0, 0.05) is 35.2 Å². The fourth-order valence-electron chi connectivity index (χ4n) is 1.94. The maximum atomic E-state index is 12.3. The molecule has 0 atom stereocenters. The first-order chi connectivity index (χ1) is 9.34. The maximum Gasteiger partial charge on any atom is 0.256 e. The molecule has 19 heavy (non-hydrogen) atoms. The fraction of sp³-hybridized carbons (Fsp3) is 0. The Balaban J connectivity index is 1.98. The second-order valence-corrected chi connectivity index (χ2v) is 4.07. The van der Waals surface area contributed by atoms with Crippen molar-refractivity contribution in [2.24, 2.45) is 0 Å². The molecule has 1 amide bonds. The molecular weight excluding hydrogens is 238 g/mol. The summed E-state index contributed by atoms with van der Waals surface area (Å²) in [6.45, 7) is 0. The van der Waals surface area contributed by atoms with Crippen molar-refractivity contribution in [1.82, 2.24) is 9.97 Å². The van der Waals surface area contributed by atoms with Crippen LogP contribution in [0.15, 0.2) is 61.1 Å². The van der Waals surface area contributed by atoms with Gasteiger partial charge in [-0.25, -0.2) is 0 Å². The number of hydrogen-bond acceptors (Lipinski definition) is 3. The highest BCUT2D eigenvalue weighted by molar-refractivity contribution is 6.12. The van der Waals surface area contributed by atoms with Gasteiger partial charge in [0.15, 0.2) is 0 Å². The standard InChI is InChI=1S/C15H11N3O/c19-15(18-11-6-9-16-10-7-11)13-3-1-5-14-12(13)4-2-8-17-14/h1-10H,(H,16,18,19). The number of nitrogens with zero attached hydrogens (tertiary/aromatic N) is 2. The van der Waals surface area contributed by atoms with Crippen LogP contribution in [0.4, 0.5) is 5.69 Å². The van der Waals surface area contributed by atoms with Crippen LogP contribution >= 0.6 is 0 Å². The molecule has 3 aromatic rings. The summed E-state index contributed by atoms with van der Waals surface area (Å²) < 4.78 is 0. The minimum atomic E-state index is -0.148. The molecule has 1 N–H and O–H groups in total. The van der Waals surface area contributed by atoms with Gasteiger partial charge < -0.3 is 5.32 Å². The minimum Gasteiger partial charge on any atom is -0.322 e. The van der Waals surface area contributed by atoms with Crippen molar-refractivity contribution in [3.63, 3.8) is 0 Å². The molecule has 0 bridgehead atoms. The molecule has 0 aliphatic carbocycles. The highest BCUT2D eigenvalue weighted by atomic mass is 16.1. The Morgan fingerprint density at radius 3 is 2.63 bits per heavy atom. The minimum absolute atomic E-state index is 0.148. The van der Waals surface area contributed by atoms with Gasteiger partial charge in [-0.15, -0.1) is 0 Å². The molecule has 92 valence electrons. The normalized spacial score (nSPS) is 10.3. The van der Waals surface area contributed by atoms with Gasteiger partial charge in [-0.2, -0.15) is 0 Å². The second-order valence-electron chi connectivity index (χ2n) is 4.07. The van der Waals surface area contributed by atoms with Crippen molar-refractivity contribution in [2.75, 3.05) is 5.32 Å². The van der Waals surface area contributed by atoms with E-state index in [4.69, 9.17) is 0 Å². The van der Waals surface area contributed by atoms with E-state index >= 15 is 0 Å². The summed E-state index contributed by atoms with van der Waals surface area (Å²) >= 11 is 0. The van der Waals surface area contributed by atoms with E-state index in [0.717, 1.165) is 16.6 Å². The fourth-order valence-corrected chi connectivity index (χ4v) is 1.94. The Bertz CT molecular complexity index is 720. The number of rotatable bonds is 2. The largest absolute Gasteiger partial charge is 0.322 e. The molecule has 0 aliphatic heterocycles. The van der Waals surface area contributed by atoms with Gasteiger partial charge in [-0.1, -0.05) is 12.1 Å². The zero-order chi connectivity index (χ0) is 13.1. The monoisotopic (exact) mass is 249 g/mol. The summed E-state index contributed by atoms with van der Waals surface area (Å²) in [6.07, 6.45) is 4.99. The number of anilines is 1. The number of pyridine rings is 2. The van der Waals surface area contributed by atoms with Gasteiger partial charge in [0.2, 0.25) is 0 Å². The van der Waals surface area contributed by atoms with Gasteiger partial charge in [-0.3, -0.25) is 14.8 Å². The Morgan fingerprint density at radius 1 is 0.947 bits per heavy atom. The molecule has 0 fully saturated rings. The van der Waals surface area contributed by atoms with E-state index in [1.165, 1.54) is 0 Å². The third-order valence-electron chi connectivity index (χ3n) is 2.83. The summed E-state index contributed by atoms with van der Waals surface area (Å²) in [5.41, 5.74) is 2.15. The number of aromatic nitrogens is 2. The lowest BCUT2D eigenvalue weighted by atomic mass is 10.1.